The molecule has 0 spiro atoms. The van der Waals surface area contributed by atoms with Crippen LogP contribution in [0.1, 0.15) is 0 Å². The monoisotopic (exact) mass is 257 g/mol. The van der Waals surface area contributed by atoms with Gasteiger partial charge >= 0.3 is 0 Å². The summed E-state index contributed by atoms with van der Waals surface area (Å²) >= 11 is 4.95. The van der Waals surface area contributed by atoms with Crippen molar-refractivity contribution in [2.24, 2.45) is 5.73 Å². The average Bonchev–Trinajstić information content (AvgIpc) is 2.23. The summed E-state index contributed by atoms with van der Waals surface area (Å²) in [5.41, 5.74) is 4.62. The van der Waals surface area contributed by atoms with Crippen LogP contribution in [-0.4, -0.2) is 12.5 Å². The molecule has 0 radical (unpaired) electrons. The van der Waals surface area contributed by atoms with Crippen molar-refractivity contribution in [2.45, 2.75) is 0 Å². The number of halogens is 5. The fourth-order valence-corrected chi connectivity index (χ4v) is 1.02. The van der Waals surface area contributed by atoms with Crippen molar-refractivity contribution in [1.29, 1.82) is 0 Å². The molecule has 0 aromatic heterocycles. The molecule has 1 rings (SSSR count). The van der Waals surface area contributed by atoms with Crippen LogP contribution in [0.2, 0.25) is 5.02 Å². The van der Waals surface area contributed by atoms with Crippen LogP contribution in [0.4, 0.5) is 17.6 Å². The molecule has 0 aliphatic carbocycles. The number of benzene rings is 1. The van der Waals surface area contributed by atoms with Crippen molar-refractivity contribution in [1.82, 2.24) is 0 Å². The Morgan fingerprint density at radius 3 is 1.94 bits per heavy atom. The molecule has 0 saturated heterocycles. The lowest BCUT2D eigenvalue weighted by Crippen LogP contribution is -2.21. The van der Waals surface area contributed by atoms with Crippen LogP contribution in [0.5, 0.6) is 5.75 Å². The van der Waals surface area contributed by atoms with Gasteiger partial charge in [0.1, 0.15) is 5.02 Å². The van der Waals surface area contributed by atoms with Crippen molar-refractivity contribution < 1.29 is 27.1 Å². The van der Waals surface area contributed by atoms with E-state index in [4.69, 9.17) is 11.6 Å². The molecule has 0 aliphatic rings. The topological polar surface area (TPSA) is 52.3 Å². The zero-order valence-electron chi connectivity index (χ0n) is 7.49. The van der Waals surface area contributed by atoms with E-state index in [1.165, 1.54) is 0 Å². The van der Waals surface area contributed by atoms with E-state index in [1.54, 1.807) is 0 Å². The Kier molecular flexibility index (Phi) is 3.58. The molecule has 1 aromatic carbocycles. The lowest BCUT2D eigenvalue weighted by atomic mass is 10.3. The van der Waals surface area contributed by atoms with Gasteiger partial charge in [-0.25, -0.2) is 8.78 Å². The van der Waals surface area contributed by atoms with Crippen molar-refractivity contribution in [3.63, 3.8) is 0 Å². The first-order chi connectivity index (χ1) is 7.36. The zero-order chi connectivity index (χ0) is 12.5. The number of carbonyl (C=O) groups is 1. The van der Waals surface area contributed by atoms with Crippen LogP contribution in [0.15, 0.2) is 0 Å². The van der Waals surface area contributed by atoms with Gasteiger partial charge in [-0.1, -0.05) is 11.6 Å². The molecule has 0 saturated carbocycles. The van der Waals surface area contributed by atoms with E-state index in [-0.39, 0.29) is 0 Å². The SMILES string of the molecule is NC(=O)COc1c(F)c(F)c(Cl)c(F)c1F. The Labute approximate surface area is 91.7 Å². The van der Waals surface area contributed by atoms with Gasteiger partial charge in [0.15, 0.2) is 24.0 Å². The smallest absolute Gasteiger partial charge is 0.255 e. The molecule has 88 valence electrons. The largest absolute Gasteiger partial charge is 0.477 e. The first-order valence-corrected chi connectivity index (χ1v) is 4.16. The fraction of sp³-hybridized carbons (Fsp3) is 0.125. The van der Waals surface area contributed by atoms with Gasteiger partial charge in [-0.15, -0.1) is 0 Å². The van der Waals surface area contributed by atoms with E-state index in [0.29, 0.717) is 0 Å². The van der Waals surface area contributed by atoms with Crippen LogP contribution in [0, 0.1) is 23.3 Å². The van der Waals surface area contributed by atoms with Crippen molar-refractivity contribution in [3.8, 4) is 5.75 Å². The standard InChI is InChI=1S/C8H4ClF4NO2/c9-3-4(10)6(12)8(7(13)5(3)11)16-1-2(14)15/h1H2,(H2,14,15). The number of primary amides is 1. The minimum absolute atomic E-state index is 0.922. The van der Waals surface area contributed by atoms with Gasteiger partial charge < -0.3 is 10.5 Å². The number of ether oxygens (including phenoxy) is 1. The Hall–Kier alpha value is -1.50. The van der Waals surface area contributed by atoms with Gasteiger partial charge in [-0.2, -0.15) is 8.78 Å². The van der Waals surface area contributed by atoms with Crippen LogP contribution in [-0.2, 0) is 4.79 Å². The quantitative estimate of drug-likeness (QED) is 0.510. The third-order valence-corrected chi connectivity index (χ3v) is 1.86. The molecule has 0 heterocycles. The molecule has 3 nitrogen and oxygen atoms in total. The maximum absolute atomic E-state index is 13.0. The summed E-state index contributed by atoms with van der Waals surface area (Å²) in [5.74, 6) is -9.71. The van der Waals surface area contributed by atoms with E-state index in [9.17, 15) is 22.4 Å². The molecule has 0 aliphatic heterocycles. The molecule has 0 fully saturated rings. The third-order valence-electron chi connectivity index (χ3n) is 1.53. The van der Waals surface area contributed by atoms with E-state index >= 15 is 0 Å². The molecular weight excluding hydrogens is 254 g/mol. The van der Waals surface area contributed by atoms with Gasteiger partial charge in [0.05, 0.1) is 0 Å². The molecule has 1 amide bonds. The molecule has 8 heteroatoms. The summed E-state index contributed by atoms with van der Waals surface area (Å²) in [6.07, 6.45) is 0. The highest BCUT2D eigenvalue weighted by Gasteiger charge is 2.25. The van der Waals surface area contributed by atoms with E-state index in [0.717, 1.165) is 0 Å². The Bertz CT molecular complexity index is 423. The lowest BCUT2D eigenvalue weighted by molar-refractivity contribution is -0.120. The number of hydrogen-bond acceptors (Lipinski definition) is 2. The highest BCUT2D eigenvalue weighted by Crippen LogP contribution is 2.32. The van der Waals surface area contributed by atoms with E-state index < -0.39 is 46.6 Å². The molecule has 2 N–H and O–H groups in total. The van der Waals surface area contributed by atoms with E-state index in [2.05, 4.69) is 10.5 Å². The second-order valence-corrected chi connectivity index (χ2v) is 3.03. The Morgan fingerprint density at radius 2 is 1.56 bits per heavy atom. The summed E-state index contributed by atoms with van der Waals surface area (Å²) in [4.78, 5) is 10.3. The normalized spacial score (nSPS) is 10.3. The number of hydrogen-bond donors (Lipinski definition) is 1. The van der Waals surface area contributed by atoms with Crippen molar-refractivity contribution >= 4 is 17.5 Å². The summed E-state index contributed by atoms with van der Waals surface area (Å²) < 4.78 is 55.9. The molecular formula is C8H4ClF4NO2. The van der Waals surface area contributed by atoms with Crippen LogP contribution in [0.3, 0.4) is 0 Å². The minimum atomic E-state index is -1.83. The fourth-order valence-electron chi connectivity index (χ4n) is 0.855. The average molecular weight is 258 g/mol. The van der Waals surface area contributed by atoms with Gasteiger partial charge in [0.25, 0.3) is 5.91 Å². The lowest BCUT2D eigenvalue weighted by Gasteiger charge is -2.08. The first-order valence-electron chi connectivity index (χ1n) is 3.78. The summed E-state index contributed by atoms with van der Waals surface area (Å²) in [6, 6.07) is 0. The molecule has 1 aromatic rings. The molecule has 0 bridgehead atoms. The van der Waals surface area contributed by atoms with Crippen LogP contribution in [0.25, 0.3) is 0 Å². The van der Waals surface area contributed by atoms with Crippen molar-refractivity contribution in [2.75, 3.05) is 6.61 Å². The van der Waals surface area contributed by atoms with Crippen LogP contribution < -0.4 is 10.5 Å². The Morgan fingerprint density at radius 1 is 1.12 bits per heavy atom. The van der Waals surface area contributed by atoms with Gasteiger partial charge in [-0.05, 0) is 0 Å². The second kappa shape index (κ2) is 4.56. The molecule has 16 heavy (non-hydrogen) atoms. The van der Waals surface area contributed by atoms with E-state index in [1.807, 2.05) is 0 Å². The Balaban J connectivity index is 3.23. The van der Waals surface area contributed by atoms with Gasteiger partial charge in [0, 0.05) is 0 Å². The highest BCUT2D eigenvalue weighted by molar-refractivity contribution is 6.30. The summed E-state index contributed by atoms with van der Waals surface area (Å²) in [7, 11) is 0. The number of carbonyl (C=O) groups excluding carboxylic acids is 1. The summed E-state index contributed by atoms with van der Waals surface area (Å²) in [5, 5.41) is -1.33. The number of amides is 1. The maximum Gasteiger partial charge on any atom is 0.255 e. The second-order valence-electron chi connectivity index (χ2n) is 2.65. The van der Waals surface area contributed by atoms with Crippen molar-refractivity contribution in [3.05, 3.63) is 28.3 Å². The zero-order valence-corrected chi connectivity index (χ0v) is 8.25. The first kappa shape index (κ1) is 12.6. The molecule has 0 unspecified atom stereocenters. The molecule has 0 atom stereocenters. The van der Waals surface area contributed by atoms with Crippen LogP contribution >= 0.6 is 11.6 Å². The van der Waals surface area contributed by atoms with Gasteiger partial charge in [0.2, 0.25) is 11.6 Å². The number of nitrogens with two attached hydrogens (primary N) is 1. The predicted molar refractivity (Wildman–Crippen MR) is 46.0 cm³/mol. The number of rotatable bonds is 3. The highest BCUT2D eigenvalue weighted by atomic mass is 35.5. The predicted octanol–water partition coefficient (Wildman–Crippen LogP) is 1.76. The summed E-state index contributed by atoms with van der Waals surface area (Å²) in [6.45, 7) is -0.922. The third kappa shape index (κ3) is 2.19. The maximum atomic E-state index is 13.0. The van der Waals surface area contributed by atoms with Gasteiger partial charge in [-0.3, -0.25) is 4.79 Å². The minimum Gasteiger partial charge on any atom is -0.477 e.